The Morgan fingerprint density at radius 2 is 1.79 bits per heavy atom. The lowest BCUT2D eigenvalue weighted by Crippen LogP contribution is -2.38. The van der Waals surface area contributed by atoms with Crippen LogP contribution in [0.4, 0.5) is 0 Å². The Morgan fingerprint density at radius 3 is 2.37 bits per heavy atom. The van der Waals surface area contributed by atoms with Crippen LogP contribution in [0.25, 0.3) is 11.2 Å². The summed E-state index contributed by atoms with van der Waals surface area (Å²) in [6, 6.07) is 0. The maximum Gasteiger partial charge on any atom is 0.358 e. The first kappa shape index (κ1) is 12.9. The average Bonchev–Trinajstić information content (AvgIpc) is 2.41. The highest BCUT2D eigenvalue weighted by atomic mass is 16.5. The van der Waals surface area contributed by atoms with Crippen LogP contribution in [0.5, 0.6) is 0 Å². The van der Waals surface area contributed by atoms with E-state index in [-0.39, 0.29) is 16.9 Å². The van der Waals surface area contributed by atoms with Gasteiger partial charge < -0.3 is 4.74 Å². The highest BCUT2D eigenvalue weighted by Gasteiger charge is 2.18. The average molecular weight is 264 g/mol. The Morgan fingerprint density at radius 1 is 1.16 bits per heavy atom. The van der Waals surface area contributed by atoms with Gasteiger partial charge in [0.25, 0.3) is 5.56 Å². The summed E-state index contributed by atoms with van der Waals surface area (Å²) in [7, 11) is 4.03. The highest BCUT2D eigenvalue weighted by Crippen LogP contribution is 2.08. The molecule has 0 saturated carbocycles. The number of aromatic nitrogens is 4. The number of esters is 1. The van der Waals surface area contributed by atoms with Crippen LogP contribution in [0.2, 0.25) is 0 Å². The smallest absolute Gasteiger partial charge is 0.358 e. The molecule has 2 aromatic rings. The number of methoxy groups -OCH3 is 1. The topological polar surface area (TPSA) is 96.1 Å². The second-order valence-corrected chi connectivity index (χ2v) is 4.03. The van der Waals surface area contributed by atoms with E-state index in [1.165, 1.54) is 25.8 Å². The molecule has 0 radical (unpaired) electrons. The lowest BCUT2D eigenvalue weighted by molar-refractivity contribution is 0.0593. The maximum atomic E-state index is 12.0. The molecular formula is C11H12N4O4. The normalized spacial score (nSPS) is 10.7. The van der Waals surface area contributed by atoms with Crippen LogP contribution >= 0.6 is 0 Å². The molecule has 8 heteroatoms. The van der Waals surface area contributed by atoms with E-state index in [1.807, 2.05) is 0 Å². The molecule has 0 atom stereocenters. The molecule has 0 aliphatic rings. The van der Waals surface area contributed by atoms with Crippen LogP contribution in [0.15, 0.2) is 9.59 Å². The van der Waals surface area contributed by atoms with Crippen molar-refractivity contribution in [3.05, 3.63) is 32.2 Å². The van der Waals surface area contributed by atoms with E-state index in [0.29, 0.717) is 5.69 Å². The minimum absolute atomic E-state index is 0.0363. The van der Waals surface area contributed by atoms with E-state index in [1.54, 1.807) is 6.92 Å². The van der Waals surface area contributed by atoms with Gasteiger partial charge in [0.15, 0.2) is 16.9 Å². The molecular weight excluding hydrogens is 252 g/mol. The van der Waals surface area contributed by atoms with E-state index in [9.17, 15) is 14.4 Å². The van der Waals surface area contributed by atoms with Crippen molar-refractivity contribution in [1.82, 2.24) is 19.1 Å². The second-order valence-electron chi connectivity index (χ2n) is 4.03. The van der Waals surface area contributed by atoms with Crippen molar-refractivity contribution in [2.24, 2.45) is 14.1 Å². The second kappa shape index (κ2) is 4.30. The van der Waals surface area contributed by atoms with Crippen LogP contribution in [0, 0.1) is 6.92 Å². The zero-order valence-electron chi connectivity index (χ0n) is 10.9. The molecule has 0 amide bonds. The fraction of sp³-hybridized carbons (Fsp3) is 0.364. The Bertz CT molecular complexity index is 803. The van der Waals surface area contributed by atoms with E-state index in [4.69, 9.17) is 0 Å². The molecule has 2 heterocycles. The van der Waals surface area contributed by atoms with Crippen molar-refractivity contribution < 1.29 is 9.53 Å². The summed E-state index contributed by atoms with van der Waals surface area (Å²) >= 11 is 0. The third-order valence-electron chi connectivity index (χ3n) is 2.83. The molecule has 2 aromatic heterocycles. The van der Waals surface area contributed by atoms with Gasteiger partial charge in [-0.1, -0.05) is 0 Å². The summed E-state index contributed by atoms with van der Waals surface area (Å²) in [5.74, 6) is -0.678. The monoisotopic (exact) mass is 264 g/mol. The van der Waals surface area contributed by atoms with Crippen LogP contribution in [-0.4, -0.2) is 32.2 Å². The lowest BCUT2D eigenvalue weighted by Gasteiger charge is -2.08. The minimum Gasteiger partial charge on any atom is -0.464 e. The Balaban J connectivity index is 2.99. The molecule has 0 unspecified atom stereocenters. The number of ether oxygens (including phenoxy) is 1. The number of rotatable bonds is 1. The van der Waals surface area contributed by atoms with Gasteiger partial charge in [0.1, 0.15) is 0 Å². The summed E-state index contributed by atoms with van der Waals surface area (Å²) < 4.78 is 6.69. The number of nitrogens with zero attached hydrogens (tertiary/aromatic N) is 4. The van der Waals surface area contributed by atoms with Crippen molar-refractivity contribution in [3.8, 4) is 0 Å². The first-order valence-corrected chi connectivity index (χ1v) is 5.41. The van der Waals surface area contributed by atoms with Crippen LogP contribution in [0.1, 0.15) is 16.2 Å². The number of carbonyl (C=O) groups excluding carboxylic acids is 1. The molecule has 2 rings (SSSR count). The van der Waals surface area contributed by atoms with Gasteiger partial charge in [-0.05, 0) is 6.92 Å². The van der Waals surface area contributed by atoms with Crippen LogP contribution < -0.4 is 11.2 Å². The van der Waals surface area contributed by atoms with E-state index >= 15 is 0 Å². The Labute approximate surface area is 107 Å². The van der Waals surface area contributed by atoms with E-state index in [2.05, 4.69) is 14.7 Å². The summed E-state index contributed by atoms with van der Waals surface area (Å²) in [4.78, 5) is 43.3. The van der Waals surface area contributed by atoms with Gasteiger partial charge in [0.2, 0.25) is 0 Å². The SMILES string of the molecule is COC(=O)c1nc2c(=O)n(C)c(=O)n(C)c2nc1C. The minimum atomic E-state index is -0.678. The Kier molecular flexibility index (Phi) is 2.93. The van der Waals surface area contributed by atoms with Crippen LogP contribution in [0.3, 0.4) is 0 Å². The predicted octanol–water partition coefficient (Wildman–Crippen LogP) is -0.878. The third kappa shape index (κ3) is 1.81. The van der Waals surface area contributed by atoms with Gasteiger partial charge in [-0.2, -0.15) is 0 Å². The van der Waals surface area contributed by atoms with E-state index in [0.717, 1.165) is 4.57 Å². The van der Waals surface area contributed by atoms with Gasteiger partial charge in [-0.15, -0.1) is 0 Å². The molecule has 0 aliphatic heterocycles. The zero-order valence-corrected chi connectivity index (χ0v) is 10.9. The first-order valence-electron chi connectivity index (χ1n) is 5.41. The van der Waals surface area contributed by atoms with Crippen molar-refractivity contribution in [1.29, 1.82) is 0 Å². The maximum absolute atomic E-state index is 12.0. The number of aryl methyl sites for hydroxylation is 2. The fourth-order valence-electron chi connectivity index (χ4n) is 1.74. The molecule has 100 valence electrons. The first-order chi connectivity index (χ1) is 8.88. The summed E-state index contributed by atoms with van der Waals surface area (Å²) in [6.07, 6.45) is 0. The van der Waals surface area contributed by atoms with Crippen molar-refractivity contribution in [2.75, 3.05) is 7.11 Å². The van der Waals surface area contributed by atoms with E-state index < -0.39 is 17.2 Å². The molecule has 19 heavy (non-hydrogen) atoms. The van der Waals surface area contributed by atoms with Crippen molar-refractivity contribution in [2.45, 2.75) is 6.92 Å². The largest absolute Gasteiger partial charge is 0.464 e. The van der Waals surface area contributed by atoms with Gasteiger partial charge >= 0.3 is 11.7 Å². The van der Waals surface area contributed by atoms with Gasteiger partial charge in [0, 0.05) is 14.1 Å². The zero-order chi connectivity index (χ0) is 14.3. The van der Waals surface area contributed by atoms with Crippen molar-refractivity contribution in [3.63, 3.8) is 0 Å². The summed E-state index contributed by atoms with van der Waals surface area (Å²) in [5, 5.41) is 0. The molecule has 8 nitrogen and oxygen atoms in total. The van der Waals surface area contributed by atoms with Crippen molar-refractivity contribution >= 4 is 17.1 Å². The molecule has 0 spiro atoms. The molecule has 0 N–H and O–H groups in total. The van der Waals surface area contributed by atoms with Gasteiger partial charge in [0.05, 0.1) is 12.8 Å². The summed E-state index contributed by atoms with van der Waals surface area (Å²) in [5.41, 5.74) is -0.755. The third-order valence-corrected chi connectivity index (χ3v) is 2.83. The predicted molar refractivity (Wildman–Crippen MR) is 66.1 cm³/mol. The fourth-order valence-corrected chi connectivity index (χ4v) is 1.74. The van der Waals surface area contributed by atoms with Gasteiger partial charge in [-0.3, -0.25) is 13.9 Å². The number of carbonyl (C=O) groups is 1. The molecule has 0 bridgehead atoms. The number of hydrogen-bond donors (Lipinski definition) is 0. The molecule has 0 aliphatic carbocycles. The number of hydrogen-bond acceptors (Lipinski definition) is 6. The Hall–Kier alpha value is -2.51. The molecule has 0 saturated heterocycles. The molecule has 0 aromatic carbocycles. The van der Waals surface area contributed by atoms with Crippen LogP contribution in [-0.2, 0) is 18.8 Å². The number of fused-ring (bicyclic) bond motifs is 1. The highest BCUT2D eigenvalue weighted by molar-refractivity contribution is 5.90. The standard InChI is InChI=1S/C11H12N4O4/c1-5-6(10(17)19-4)13-7-8(12-5)14(2)11(18)15(3)9(7)16/h1-4H3. The molecule has 0 fully saturated rings. The summed E-state index contributed by atoms with van der Waals surface area (Å²) in [6.45, 7) is 1.56. The van der Waals surface area contributed by atoms with Gasteiger partial charge in [-0.25, -0.2) is 19.6 Å². The lowest BCUT2D eigenvalue weighted by atomic mass is 10.3. The quantitative estimate of drug-likeness (QED) is 0.621.